The third kappa shape index (κ3) is 46.2. The monoisotopic (exact) mass is 309 g/mol. The highest BCUT2D eigenvalue weighted by Gasteiger charge is 2.19. The highest BCUT2D eigenvalue weighted by molar-refractivity contribution is 5.69. The Kier molecular flexibility index (Phi) is 18.1. The minimum Gasteiger partial charge on any atom is -0.481 e. The van der Waals surface area contributed by atoms with E-state index in [1.54, 1.807) is 0 Å². The molecule has 0 atom stereocenters. The van der Waals surface area contributed by atoms with Crippen molar-refractivity contribution >= 4 is 23.9 Å². The smallest absolute Gasteiger partial charge is 0.305 e. The fourth-order valence-corrected chi connectivity index (χ4v) is 0.812. The SMILES string of the molecule is CC(=O)O.CC(=O)O.CC(=O)O.COC(=O)CC1CNC1. The molecular weight excluding hydrogens is 286 g/mol. The van der Waals surface area contributed by atoms with Crippen molar-refractivity contribution in [1.82, 2.24) is 5.32 Å². The summed E-state index contributed by atoms with van der Waals surface area (Å²) >= 11 is 0. The number of ether oxygens (including phenoxy) is 1. The Morgan fingerprint density at radius 2 is 1.24 bits per heavy atom. The molecule has 124 valence electrons. The average Bonchev–Trinajstić information content (AvgIpc) is 2.20. The number of carboxylic acids is 3. The maximum atomic E-state index is 10.6. The number of carboxylic acid groups (broad SMARTS) is 3. The fourth-order valence-electron chi connectivity index (χ4n) is 0.812. The Morgan fingerprint density at radius 3 is 1.38 bits per heavy atom. The van der Waals surface area contributed by atoms with E-state index in [9.17, 15) is 4.79 Å². The van der Waals surface area contributed by atoms with E-state index in [0.717, 1.165) is 33.9 Å². The first-order chi connectivity index (χ1) is 9.52. The summed E-state index contributed by atoms with van der Waals surface area (Å²) in [5.41, 5.74) is 0. The maximum absolute atomic E-state index is 10.6. The van der Waals surface area contributed by atoms with Gasteiger partial charge in [-0.2, -0.15) is 0 Å². The van der Waals surface area contributed by atoms with Crippen LogP contribution in [0, 0.1) is 5.92 Å². The third-order valence-corrected chi connectivity index (χ3v) is 1.55. The van der Waals surface area contributed by atoms with Crippen LogP contribution in [0.15, 0.2) is 0 Å². The van der Waals surface area contributed by atoms with E-state index >= 15 is 0 Å². The van der Waals surface area contributed by atoms with Crippen molar-refractivity contribution in [3.05, 3.63) is 0 Å². The molecule has 4 N–H and O–H groups in total. The molecule has 0 radical (unpaired) electrons. The van der Waals surface area contributed by atoms with Gasteiger partial charge in [0.1, 0.15) is 0 Å². The molecule has 1 saturated heterocycles. The molecule has 21 heavy (non-hydrogen) atoms. The second-order valence-electron chi connectivity index (χ2n) is 3.86. The number of carbonyl (C=O) groups excluding carboxylic acids is 1. The van der Waals surface area contributed by atoms with Gasteiger partial charge in [-0.1, -0.05) is 0 Å². The molecule has 1 aliphatic heterocycles. The summed E-state index contributed by atoms with van der Waals surface area (Å²) in [7, 11) is 1.43. The zero-order valence-electron chi connectivity index (χ0n) is 12.6. The number of hydrogen-bond acceptors (Lipinski definition) is 6. The normalized spacial score (nSPS) is 11.6. The molecule has 0 spiro atoms. The summed E-state index contributed by atoms with van der Waals surface area (Å²) in [4.78, 5) is 37.6. The quantitative estimate of drug-likeness (QED) is 0.518. The van der Waals surface area contributed by atoms with Gasteiger partial charge in [0.15, 0.2) is 0 Å². The molecule has 0 aromatic carbocycles. The van der Waals surface area contributed by atoms with Crippen LogP contribution < -0.4 is 5.32 Å². The van der Waals surface area contributed by atoms with Crippen LogP contribution in [0.5, 0.6) is 0 Å². The zero-order valence-corrected chi connectivity index (χ0v) is 12.6. The highest BCUT2D eigenvalue weighted by atomic mass is 16.5. The second kappa shape index (κ2) is 15.9. The highest BCUT2D eigenvalue weighted by Crippen LogP contribution is 2.07. The molecule has 1 rings (SSSR count). The molecule has 0 unspecified atom stereocenters. The molecule has 0 aromatic rings. The summed E-state index contributed by atoms with van der Waals surface area (Å²) in [6.07, 6.45) is 0.573. The van der Waals surface area contributed by atoms with Gasteiger partial charge in [0, 0.05) is 20.8 Å². The number of methoxy groups -OCH3 is 1. The molecule has 0 aliphatic carbocycles. The van der Waals surface area contributed by atoms with E-state index in [4.69, 9.17) is 29.7 Å². The van der Waals surface area contributed by atoms with Crippen LogP contribution in [0.3, 0.4) is 0 Å². The van der Waals surface area contributed by atoms with E-state index in [-0.39, 0.29) is 5.97 Å². The van der Waals surface area contributed by atoms with Gasteiger partial charge in [0.25, 0.3) is 17.9 Å². The fraction of sp³-hybridized carbons (Fsp3) is 0.667. The molecule has 0 saturated carbocycles. The Hall–Kier alpha value is -2.16. The van der Waals surface area contributed by atoms with Gasteiger partial charge in [-0.05, 0) is 19.0 Å². The minimum absolute atomic E-state index is 0.0958. The van der Waals surface area contributed by atoms with Gasteiger partial charge in [0.2, 0.25) is 0 Å². The minimum atomic E-state index is -0.833. The average molecular weight is 309 g/mol. The largest absolute Gasteiger partial charge is 0.481 e. The molecule has 0 amide bonds. The molecule has 9 nitrogen and oxygen atoms in total. The van der Waals surface area contributed by atoms with Crippen LogP contribution in [0.4, 0.5) is 0 Å². The topological polar surface area (TPSA) is 150 Å². The van der Waals surface area contributed by atoms with E-state index in [1.165, 1.54) is 7.11 Å². The first kappa shape index (κ1) is 23.9. The van der Waals surface area contributed by atoms with Gasteiger partial charge in [-0.15, -0.1) is 0 Å². The van der Waals surface area contributed by atoms with Gasteiger partial charge in [0.05, 0.1) is 13.5 Å². The molecular formula is C12H23NO8. The van der Waals surface area contributed by atoms with Crippen molar-refractivity contribution in [2.45, 2.75) is 27.2 Å². The van der Waals surface area contributed by atoms with Crippen molar-refractivity contribution in [3.8, 4) is 0 Å². The number of carbonyl (C=O) groups is 4. The molecule has 0 aromatic heterocycles. The van der Waals surface area contributed by atoms with Crippen molar-refractivity contribution < 1.29 is 39.2 Å². The van der Waals surface area contributed by atoms with Crippen molar-refractivity contribution in [1.29, 1.82) is 0 Å². The summed E-state index contributed by atoms with van der Waals surface area (Å²) < 4.78 is 4.49. The van der Waals surface area contributed by atoms with Crippen molar-refractivity contribution in [2.75, 3.05) is 20.2 Å². The number of nitrogens with one attached hydrogen (secondary N) is 1. The van der Waals surface area contributed by atoms with E-state index < -0.39 is 17.9 Å². The number of rotatable bonds is 2. The Balaban J connectivity index is -0.000000230. The van der Waals surface area contributed by atoms with Crippen molar-refractivity contribution in [3.63, 3.8) is 0 Å². The summed E-state index contributed by atoms with van der Waals surface area (Å²) in [5.74, 6) is -2.07. The number of esters is 1. The van der Waals surface area contributed by atoms with Crippen LogP contribution in [0.1, 0.15) is 27.2 Å². The lowest BCUT2D eigenvalue weighted by Crippen LogP contribution is -2.43. The Labute approximate surface area is 122 Å². The predicted molar refractivity (Wildman–Crippen MR) is 72.9 cm³/mol. The zero-order chi connectivity index (χ0) is 17.4. The first-order valence-electron chi connectivity index (χ1n) is 5.89. The summed E-state index contributed by atoms with van der Waals surface area (Å²) in [6, 6.07) is 0. The van der Waals surface area contributed by atoms with Gasteiger partial charge < -0.3 is 25.4 Å². The maximum Gasteiger partial charge on any atom is 0.305 e. The summed E-state index contributed by atoms with van der Waals surface area (Å²) in [6.45, 7) is 5.18. The summed E-state index contributed by atoms with van der Waals surface area (Å²) in [5, 5.41) is 25.3. The Morgan fingerprint density at radius 1 is 0.952 bits per heavy atom. The molecule has 1 fully saturated rings. The lowest BCUT2D eigenvalue weighted by atomic mass is 10.00. The number of hydrogen-bond donors (Lipinski definition) is 4. The lowest BCUT2D eigenvalue weighted by molar-refractivity contribution is -0.142. The van der Waals surface area contributed by atoms with Crippen LogP contribution in [-0.4, -0.2) is 59.4 Å². The van der Waals surface area contributed by atoms with Crippen LogP contribution in [-0.2, 0) is 23.9 Å². The second-order valence-corrected chi connectivity index (χ2v) is 3.86. The Bertz CT molecular complexity index is 285. The molecule has 1 heterocycles. The third-order valence-electron chi connectivity index (χ3n) is 1.55. The van der Waals surface area contributed by atoms with Gasteiger partial charge in [-0.25, -0.2) is 0 Å². The molecule has 0 bridgehead atoms. The number of aliphatic carboxylic acids is 3. The van der Waals surface area contributed by atoms with Gasteiger partial charge >= 0.3 is 5.97 Å². The van der Waals surface area contributed by atoms with E-state index in [0.29, 0.717) is 12.3 Å². The first-order valence-corrected chi connectivity index (χ1v) is 5.89. The van der Waals surface area contributed by atoms with Crippen LogP contribution in [0.2, 0.25) is 0 Å². The van der Waals surface area contributed by atoms with Crippen LogP contribution >= 0.6 is 0 Å². The molecule has 1 aliphatic rings. The van der Waals surface area contributed by atoms with E-state index in [2.05, 4.69) is 10.1 Å². The van der Waals surface area contributed by atoms with Crippen LogP contribution in [0.25, 0.3) is 0 Å². The van der Waals surface area contributed by atoms with Gasteiger partial charge in [-0.3, -0.25) is 19.2 Å². The van der Waals surface area contributed by atoms with E-state index in [1.807, 2.05) is 0 Å². The van der Waals surface area contributed by atoms with Crippen molar-refractivity contribution in [2.24, 2.45) is 5.92 Å². The standard InChI is InChI=1S/C6H11NO2.3C2H4O2/c1-9-6(8)2-5-3-7-4-5;3*1-2(3)4/h5,7H,2-4H2,1H3;3*1H3,(H,3,4). The molecule has 9 heteroatoms. The predicted octanol–water partition coefficient (Wildman–Crippen LogP) is 0.0416. The lowest BCUT2D eigenvalue weighted by Gasteiger charge is -2.25.